The largest absolute Gasteiger partial charge is 0.416 e. The molecule has 0 aromatic heterocycles. The van der Waals surface area contributed by atoms with Crippen LogP contribution in [0.25, 0.3) is 0 Å². The van der Waals surface area contributed by atoms with Crippen molar-refractivity contribution in [1.82, 2.24) is 15.1 Å². The van der Waals surface area contributed by atoms with Crippen molar-refractivity contribution < 1.29 is 22.8 Å². The molecule has 2 rings (SSSR count). The smallest absolute Gasteiger partial charge is 0.370 e. The summed E-state index contributed by atoms with van der Waals surface area (Å²) in [5.41, 5.74) is 5.00. The summed E-state index contributed by atoms with van der Waals surface area (Å²) in [7, 11) is 3.26. The number of guanidine groups is 1. The summed E-state index contributed by atoms with van der Waals surface area (Å²) in [6.45, 7) is 1.23. The highest BCUT2D eigenvalue weighted by Gasteiger charge is 2.30. The van der Waals surface area contributed by atoms with E-state index in [1.807, 2.05) is 4.90 Å². The molecule has 1 unspecified atom stereocenters. The van der Waals surface area contributed by atoms with Gasteiger partial charge in [-0.25, -0.2) is 4.99 Å². The summed E-state index contributed by atoms with van der Waals surface area (Å²) in [4.78, 5) is 31.1. The fourth-order valence-electron chi connectivity index (χ4n) is 3.30. The third kappa shape index (κ3) is 8.91. The molecule has 1 aliphatic heterocycles. The van der Waals surface area contributed by atoms with Gasteiger partial charge in [-0.1, -0.05) is 12.1 Å². The van der Waals surface area contributed by atoms with Gasteiger partial charge in [-0.3, -0.25) is 9.59 Å². The number of hydrogen-bond acceptors (Lipinski definition) is 3. The molecule has 3 N–H and O–H groups in total. The second-order valence-corrected chi connectivity index (χ2v) is 7.60. The van der Waals surface area contributed by atoms with E-state index in [0.29, 0.717) is 24.6 Å². The first-order chi connectivity index (χ1) is 14.1. The number of nitrogens with two attached hydrogens (primary N) is 1. The van der Waals surface area contributed by atoms with E-state index in [2.05, 4.69) is 10.3 Å². The molecule has 1 saturated heterocycles. The molecule has 0 spiro atoms. The van der Waals surface area contributed by atoms with Crippen molar-refractivity contribution in [3.8, 4) is 0 Å². The Kier molecular flexibility index (Phi) is 10.5. The first-order valence-electron chi connectivity index (χ1n) is 9.74. The maximum atomic E-state index is 13.0. The Balaban J connectivity index is 0.00000480. The van der Waals surface area contributed by atoms with Gasteiger partial charge in [0.05, 0.1) is 18.7 Å². The van der Waals surface area contributed by atoms with Crippen LogP contribution in [0.3, 0.4) is 0 Å². The van der Waals surface area contributed by atoms with Gasteiger partial charge in [-0.2, -0.15) is 13.2 Å². The van der Waals surface area contributed by atoms with Crippen LogP contribution in [0.1, 0.15) is 30.4 Å². The fourth-order valence-corrected chi connectivity index (χ4v) is 3.30. The van der Waals surface area contributed by atoms with Crippen molar-refractivity contribution >= 4 is 41.8 Å². The Morgan fingerprint density at radius 3 is 2.65 bits per heavy atom. The lowest BCUT2D eigenvalue weighted by Gasteiger charge is -2.34. The number of amides is 2. The maximum Gasteiger partial charge on any atom is 0.416 e. The van der Waals surface area contributed by atoms with E-state index >= 15 is 0 Å². The van der Waals surface area contributed by atoms with Crippen molar-refractivity contribution in [3.63, 3.8) is 0 Å². The number of rotatable bonds is 6. The average Bonchev–Trinajstić information content (AvgIpc) is 2.67. The van der Waals surface area contributed by atoms with E-state index in [9.17, 15) is 22.8 Å². The molecule has 1 aromatic rings. The molecule has 0 bridgehead atoms. The normalized spacial score (nSPS) is 17.0. The summed E-state index contributed by atoms with van der Waals surface area (Å²) in [5.74, 6) is -0.0364. The molecule has 0 aliphatic carbocycles. The topological polar surface area (TPSA) is 91.0 Å². The molecule has 0 saturated carbocycles. The number of nitrogens with zero attached hydrogens (tertiary/aromatic N) is 3. The van der Waals surface area contributed by atoms with E-state index in [-0.39, 0.29) is 61.2 Å². The number of likely N-dealkylation sites (tertiary alicyclic amines) is 1. The second-order valence-electron chi connectivity index (χ2n) is 7.60. The predicted octanol–water partition coefficient (Wildman–Crippen LogP) is 2.44. The average molecular weight is 555 g/mol. The van der Waals surface area contributed by atoms with Crippen LogP contribution in [0.15, 0.2) is 29.3 Å². The molecular weight excluding hydrogens is 526 g/mol. The van der Waals surface area contributed by atoms with Crippen LogP contribution in [-0.2, 0) is 22.3 Å². The van der Waals surface area contributed by atoms with Gasteiger partial charge < -0.3 is 20.9 Å². The Morgan fingerprint density at radius 2 is 2.03 bits per heavy atom. The summed E-state index contributed by atoms with van der Waals surface area (Å²) in [5, 5.41) is 3.01. The van der Waals surface area contributed by atoms with Crippen molar-refractivity contribution in [1.29, 1.82) is 0 Å². The first-order valence-corrected chi connectivity index (χ1v) is 9.74. The number of benzene rings is 1. The van der Waals surface area contributed by atoms with Gasteiger partial charge in [0, 0.05) is 33.6 Å². The van der Waals surface area contributed by atoms with Crippen LogP contribution in [0.5, 0.6) is 0 Å². The number of hydrogen-bond donors (Lipinski definition) is 2. The zero-order chi connectivity index (χ0) is 22.3. The molecular formula is C20H29F3IN5O2. The van der Waals surface area contributed by atoms with E-state index in [0.717, 1.165) is 25.0 Å². The zero-order valence-corrected chi connectivity index (χ0v) is 19.9. The van der Waals surface area contributed by atoms with Gasteiger partial charge in [-0.05, 0) is 36.5 Å². The molecule has 1 heterocycles. The molecule has 11 heteroatoms. The van der Waals surface area contributed by atoms with Crippen LogP contribution < -0.4 is 11.1 Å². The van der Waals surface area contributed by atoms with Crippen molar-refractivity contribution in [2.75, 3.05) is 33.7 Å². The minimum absolute atomic E-state index is 0. The number of primary amides is 1. The summed E-state index contributed by atoms with van der Waals surface area (Å²) >= 11 is 0. The molecule has 2 amide bonds. The Morgan fingerprint density at radius 1 is 1.32 bits per heavy atom. The lowest BCUT2D eigenvalue weighted by atomic mass is 9.95. The number of aliphatic imine (C=N–C) groups is 1. The first kappa shape index (κ1) is 27.0. The molecule has 174 valence electrons. The van der Waals surface area contributed by atoms with Gasteiger partial charge in [0.25, 0.3) is 0 Å². The molecule has 1 aliphatic rings. The summed E-state index contributed by atoms with van der Waals surface area (Å²) in [6.07, 6.45) is -2.48. The lowest BCUT2D eigenvalue weighted by Crippen LogP contribution is -2.49. The third-order valence-corrected chi connectivity index (χ3v) is 4.87. The molecule has 1 atom stereocenters. The fraction of sp³-hybridized carbons (Fsp3) is 0.550. The van der Waals surface area contributed by atoms with Crippen LogP contribution in [0.4, 0.5) is 13.2 Å². The number of halogens is 4. The van der Waals surface area contributed by atoms with Crippen molar-refractivity contribution in [2.45, 2.75) is 32.0 Å². The number of alkyl halides is 3. The van der Waals surface area contributed by atoms with Gasteiger partial charge in [0.2, 0.25) is 11.8 Å². The Bertz CT molecular complexity index is 786. The van der Waals surface area contributed by atoms with Gasteiger partial charge in [-0.15, -0.1) is 24.0 Å². The Hall–Kier alpha value is -2.05. The second kappa shape index (κ2) is 12.1. The van der Waals surface area contributed by atoms with Gasteiger partial charge >= 0.3 is 6.18 Å². The Labute approximate surface area is 197 Å². The van der Waals surface area contributed by atoms with Crippen LogP contribution in [0, 0.1) is 5.92 Å². The van der Waals surface area contributed by atoms with E-state index in [1.54, 1.807) is 20.2 Å². The van der Waals surface area contributed by atoms with E-state index in [1.165, 1.54) is 11.0 Å². The highest BCUT2D eigenvalue weighted by atomic mass is 127. The summed E-state index contributed by atoms with van der Waals surface area (Å²) in [6, 6.07) is 5.01. The van der Waals surface area contributed by atoms with Crippen LogP contribution in [-0.4, -0.2) is 61.3 Å². The molecule has 31 heavy (non-hydrogen) atoms. The number of likely N-dealkylation sites (N-methyl/N-ethyl adjacent to an activating group) is 1. The zero-order valence-electron chi connectivity index (χ0n) is 17.6. The molecule has 7 nitrogen and oxygen atoms in total. The number of carbonyl (C=O) groups is 2. The van der Waals surface area contributed by atoms with Gasteiger partial charge in [0.1, 0.15) is 0 Å². The molecule has 0 radical (unpaired) electrons. The summed E-state index contributed by atoms with van der Waals surface area (Å²) < 4.78 is 38.9. The lowest BCUT2D eigenvalue weighted by molar-refractivity contribution is -0.137. The number of nitrogens with one attached hydrogen (secondary N) is 1. The van der Waals surface area contributed by atoms with Crippen molar-refractivity contribution in [2.24, 2.45) is 16.6 Å². The van der Waals surface area contributed by atoms with E-state index in [4.69, 9.17) is 5.73 Å². The van der Waals surface area contributed by atoms with Crippen LogP contribution in [0.2, 0.25) is 0 Å². The van der Waals surface area contributed by atoms with Crippen molar-refractivity contribution in [3.05, 3.63) is 35.4 Å². The highest BCUT2D eigenvalue weighted by Crippen LogP contribution is 2.29. The molecule has 1 aromatic carbocycles. The SMILES string of the molecule is CN(C)C(=O)CNC(=NCc1cccc(C(F)(F)F)c1)N1CCCC(CC(N)=O)C1.I. The predicted molar refractivity (Wildman–Crippen MR) is 123 cm³/mol. The number of piperidine rings is 1. The van der Waals surface area contributed by atoms with E-state index < -0.39 is 11.7 Å². The van der Waals surface area contributed by atoms with Crippen LogP contribution >= 0.6 is 24.0 Å². The number of carbonyl (C=O) groups excluding carboxylic acids is 2. The third-order valence-electron chi connectivity index (χ3n) is 4.87. The minimum atomic E-state index is -4.42. The standard InChI is InChI=1S/C20H28F3N5O2.HI/c1-27(2)18(30)12-26-19(28-8-4-6-15(13-28)10-17(24)29)25-11-14-5-3-7-16(9-14)20(21,22)23;/h3,5,7,9,15H,4,6,8,10-13H2,1-2H3,(H2,24,29)(H,25,26);1H. The molecule has 1 fully saturated rings. The quantitative estimate of drug-likeness (QED) is 0.321. The van der Waals surface area contributed by atoms with Gasteiger partial charge in [0.15, 0.2) is 5.96 Å². The highest BCUT2D eigenvalue weighted by molar-refractivity contribution is 14.0. The monoisotopic (exact) mass is 555 g/mol. The maximum absolute atomic E-state index is 13.0. The minimum Gasteiger partial charge on any atom is -0.370 e.